The molecule has 4 heterocycles. The van der Waals surface area contributed by atoms with Crippen LogP contribution in [0.3, 0.4) is 0 Å². The summed E-state index contributed by atoms with van der Waals surface area (Å²) in [7, 11) is 0. The first-order valence-corrected chi connectivity index (χ1v) is 33.8. The SMILES string of the molecule is CC(C)(C)OC(=O)NC1=N[C@H]2[C@H](CS[C@H]2CCCCNC(=O)CCCCCC(=O)Nc2cc(NC(=O)CCCCCC(=O)NCCCC[C@@H]3SC[C@@H]4NC(NC(=O)OC(C)(C)C)=N[C@@H]43)cc(C(=O)NCCOCCOCCNC(=O)OCc3ccccc3)c2)N1. The van der Waals surface area contributed by atoms with E-state index in [2.05, 4.69) is 53.2 Å². The molecular formula is C63H96N12O13S2. The number of anilines is 2. The molecule has 0 aromatic heterocycles. The van der Waals surface area contributed by atoms with E-state index in [9.17, 15) is 38.4 Å². The van der Waals surface area contributed by atoms with Crippen molar-refractivity contribution >= 4 is 94.6 Å². The van der Waals surface area contributed by atoms with E-state index < -0.39 is 35.4 Å². The Bertz CT molecular complexity index is 2590. The van der Waals surface area contributed by atoms with Crippen LogP contribution in [-0.2, 0) is 49.5 Å². The predicted molar refractivity (Wildman–Crippen MR) is 350 cm³/mol. The molecule has 10 N–H and O–H groups in total. The molecule has 90 heavy (non-hydrogen) atoms. The van der Waals surface area contributed by atoms with Crippen molar-refractivity contribution in [3.05, 3.63) is 59.7 Å². The molecule has 0 saturated carbocycles. The Morgan fingerprint density at radius 1 is 0.500 bits per heavy atom. The standard InChI is InChI=1S/C63H96N12O13S2/c1-62(2,3)87-60(82)74-57-70-46-40-89-48(54(46)72-57)22-16-18-28-64-50(76)24-12-8-14-26-52(78)68-44-36-43(56(80)66-30-32-84-34-35-85-33-31-67-59(81)86-39-42-20-10-7-11-21-42)37-45(38-44)69-53(79)27-15-9-13-25-51(77)65-29-19-17-23-49-55-47(41-90-49)71-58(73-55)75-61(83)88-63(4,5)6/h7,10-11,20-21,36-38,46-49,54-55H,8-9,12-19,22-35,39-41H2,1-6H3,(H,64,76)(H,65,77)(H,66,80)(H,67,81)(H,68,78)(H,69,79)(H2,70,72,74,82)(H2,71,73,75,83)/t46-,47-,48-,49-,54-,55-/m0/s1. The molecule has 0 bridgehead atoms. The summed E-state index contributed by atoms with van der Waals surface area (Å²) in [6, 6.07) is 14.5. The van der Waals surface area contributed by atoms with Gasteiger partial charge in [0.15, 0.2) is 0 Å². The van der Waals surface area contributed by atoms with E-state index in [1.54, 1.807) is 18.2 Å². The van der Waals surface area contributed by atoms with Crippen molar-refractivity contribution in [2.45, 2.75) is 197 Å². The number of nitrogens with zero attached hydrogens (tertiary/aromatic N) is 2. The van der Waals surface area contributed by atoms with E-state index in [0.29, 0.717) is 98.2 Å². The van der Waals surface area contributed by atoms with Crippen LogP contribution in [0, 0.1) is 0 Å². The molecule has 2 aromatic carbocycles. The molecule has 27 heteroatoms. The fourth-order valence-corrected chi connectivity index (χ4v) is 13.2. The molecular weight excluding hydrogens is 1200 g/mol. The van der Waals surface area contributed by atoms with Crippen LogP contribution in [0.2, 0.25) is 0 Å². The van der Waals surface area contributed by atoms with Crippen molar-refractivity contribution in [3.63, 3.8) is 0 Å². The molecule has 0 radical (unpaired) electrons. The number of nitrogens with one attached hydrogen (secondary N) is 10. The number of unbranched alkanes of at least 4 members (excludes halogenated alkanes) is 6. The molecule has 0 aliphatic carbocycles. The van der Waals surface area contributed by atoms with Gasteiger partial charge in [0.25, 0.3) is 5.91 Å². The van der Waals surface area contributed by atoms with Gasteiger partial charge in [-0.1, -0.05) is 56.0 Å². The smallest absolute Gasteiger partial charge is 0.414 e. The van der Waals surface area contributed by atoms with Gasteiger partial charge in [-0.15, -0.1) is 0 Å². The van der Waals surface area contributed by atoms with Crippen LogP contribution in [0.5, 0.6) is 0 Å². The second-order valence-electron chi connectivity index (χ2n) is 24.6. The maximum Gasteiger partial charge on any atom is 0.414 e. The lowest BCUT2D eigenvalue weighted by Crippen LogP contribution is -2.44. The van der Waals surface area contributed by atoms with E-state index >= 15 is 0 Å². The topological polar surface area (TPSA) is 328 Å². The van der Waals surface area contributed by atoms with Crippen LogP contribution >= 0.6 is 23.5 Å². The average Bonchev–Trinajstić information content (AvgIpc) is 2.07. The summed E-state index contributed by atoms with van der Waals surface area (Å²) in [6.07, 6.45) is 8.50. The zero-order valence-corrected chi connectivity index (χ0v) is 54.8. The molecule has 4 aliphatic rings. The third-order valence-electron chi connectivity index (χ3n) is 14.5. The quantitative estimate of drug-likeness (QED) is 0.0235. The number of carbonyl (C=O) groups is 8. The van der Waals surface area contributed by atoms with Crippen molar-refractivity contribution in [2.75, 3.05) is 74.7 Å². The fourth-order valence-electron chi connectivity index (χ4n) is 10.2. The maximum atomic E-state index is 13.5. The second kappa shape index (κ2) is 38.1. The Morgan fingerprint density at radius 3 is 1.42 bits per heavy atom. The monoisotopic (exact) mass is 1290 g/mol. The van der Waals surface area contributed by atoms with Gasteiger partial charge in [0.1, 0.15) is 17.8 Å². The van der Waals surface area contributed by atoms with Crippen molar-refractivity contribution in [2.24, 2.45) is 9.98 Å². The molecule has 6 rings (SSSR count). The largest absolute Gasteiger partial charge is 0.445 e. The van der Waals surface area contributed by atoms with E-state index in [1.165, 1.54) is 0 Å². The van der Waals surface area contributed by atoms with E-state index in [1.807, 2.05) is 95.4 Å². The van der Waals surface area contributed by atoms with Crippen LogP contribution in [0.1, 0.15) is 160 Å². The summed E-state index contributed by atoms with van der Waals surface area (Å²) < 4.78 is 27.0. The number of alkyl carbamates (subject to hydrolysis) is 3. The van der Waals surface area contributed by atoms with Gasteiger partial charge in [0.05, 0.1) is 50.6 Å². The molecule has 6 atom stereocenters. The number of aliphatic imine (C=N–C) groups is 2. The van der Waals surface area contributed by atoms with Gasteiger partial charge >= 0.3 is 18.3 Å². The van der Waals surface area contributed by atoms with Gasteiger partial charge in [-0.25, -0.2) is 24.4 Å². The van der Waals surface area contributed by atoms with Crippen LogP contribution in [0.25, 0.3) is 0 Å². The number of guanidine groups is 2. The fraction of sp³-hybridized carbons (Fsp3) is 0.651. The zero-order chi connectivity index (χ0) is 64.7. The van der Waals surface area contributed by atoms with E-state index in [-0.39, 0.29) is 112 Å². The third-order valence-corrected chi connectivity index (χ3v) is 17.5. The number of ether oxygens (including phenoxy) is 5. The molecule has 4 aliphatic heterocycles. The summed E-state index contributed by atoms with van der Waals surface area (Å²) in [5.41, 5.74) is 0.545. The number of rotatable bonds is 36. The van der Waals surface area contributed by atoms with Gasteiger partial charge in [-0.3, -0.25) is 34.6 Å². The summed E-state index contributed by atoms with van der Waals surface area (Å²) in [5, 5.41) is 29.9. The molecule has 2 aromatic rings. The summed E-state index contributed by atoms with van der Waals surface area (Å²) in [6.45, 7) is 13.6. The summed E-state index contributed by atoms with van der Waals surface area (Å²) >= 11 is 3.75. The maximum absolute atomic E-state index is 13.5. The van der Waals surface area contributed by atoms with Crippen molar-refractivity contribution < 1.29 is 62.0 Å². The molecule has 498 valence electrons. The highest BCUT2D eigenvalue weighted by Gasteiger charge is 2.42. The van der Waals surface area contributed by atoms with Gasteiger partial charge < -0.3 is 66.2 Å². The Morgan fingerprint density at radius 2 is 0.956 bits per heavy atom. The van der Waals surface area contributed by atoms with Crippen molar-refractivity contribution in [3.8, 4) is 0 Å². The van der Waals surface area contributed by atoms with Crippen LogP contribution in [-0.4, -0.2) is 170 Å². The Hall–Kier alpha value is -6.84. The third kappa shape index (κ3) is 28.5. The second-order valence-corrected chi connectivity index (χ2v) is 27.2. The molecule has 2 saturated heterocycles. The minimum Gasteiger partial charge on any atom is -0.445 e. The van der Waals surface area contributed by atoms with Crippen LogP contribution in [0.15, 0.2) is 58.5 Å². The molecule has 25 nitrogen and oxygen atoms in total. The Labute approximate surface area is 537 Å². The first kappa shape index (κ1) is 72.2. The van der Waals surface area contributed by atoms with Crippen molar-refractivity contribution in [1.82, 2.24) is 42.5 Å². The number of amides is 8. The highest BCUT2D eigenvalue weighted by atomic mass is 32.2. The number of thioether (sulfide) groups is 2. The molecule has 0 unspecified atom stereocenters. The number of hydrogen-bond donors (Lipinski definition) is 10. The highest BCUT2D eigenvalue weighted by Crippen LogP contribution is 2.36. The van der Waals surface area contributed by atoms with Gasteiger partial charge in [0, 0.05) is 90.8 Å². The van der Waals surface area contributed by atoms with E-state index in [4.69, 9.17) is 33.7 Å². The Kier molecular flexibility index (Phi) is 30.6. The molecule has 8 amide bonds. The minimum atomic E-state index is -0.603. The zero-order valence-electron chi connectivity index (χ0n) is 53.2. The number of carbonyl (C=O) groups excluding carboxylic acids is 8. The summed E-state index contributed by atoms with van der Waals surface area (Å²) in [4.78, 5) is 111. The van der Waals surface area contributed by atoms with Gasteiger partial charge in [0.2, 0.25) is 35.5 Å². The lowest BCUT2D eigenvalue weighted by molar-refractivity contribution is -0.122. The lowest BCUT2D eigenvalue weighted by atomic mass is 10.0. The Balaban J connectivity index is 0.849. The number of fused-ring (bicyclic) bond motifs is 2. The average molecular weight is 1290 g/mol. The number of hydrogen-bond acceptors (Lipinski definition) is 19. The van der Waals surface area contributed by atoms with Gasteiger partial charge in [-0.2, -0.15) is 23.5 Å². The predicted octanol–water partition coefficient (Wildman–Crippen LogP) is 7.40. The lowest BCUT2D eigenvalue weighted by Gasteiger charge is -2.19. The molecule has 0 spiro atoms. The van der Waals surface area contributed by atoms with E-state index in [0.717, 1.165) is 55.6 Å². The summed E-state index contributed by atoms with van der Waals surface area (Å²) in [5.74, 6) is 1.63. The van der Waals surface area contributed by atoms with Crippen LogP contribution < -0.4 is 53.2 Å². The van der Waals surface area contributed by atoms with Crippen LogP contribution in [0.4, 0.5) is 25.8 Å². The highest BCUT2D eigenvalue weighted by molar-refractivity contribution is 8.00. The first-order valence-electron chi connectivity index (χ1n) is 31.7. The number of benzene rings is 2. The van der Waals surface area contributed by atoms with Gasteiger partial charge in [-0.05, 0) is 117 Å². The van der Waals surface area contributed by atoms with Crippen molar-refractivity contribution in [1.29, 1.82) is 0 Å². The molecule has 2 fully saturated rings. The normalized spacial score (nSPS) is 18.9. The first-order chi connectivity index (χ1) is 43.1. The minimum absolute atomic E-state index is 0.0345.